The number of carbonyl (C=O) groups is 1. The Hall–Kier alpha value is -3.07. The Kier molecular flexibility index (Phi) is 4.21. The number of hydrogen-bond donors (Lipinski definition) is 1. The van der Waals surface area contributed by atoms with Gasteiger partial charge in [0.15, 0.2) is 17.3 Å². The Bertz CT molecular complexity index is 1010. The number of ether oxygens (including phenoxy) is 2. The van der Waals surface area contributed by atoms with Crippen LogP contribution in [0.5, 0.6) is 11.5 Å². The number of nitrogens with one attached hydrogen (secondary N) is 1. The molecule has 0 saturated carbocycles. The molecule has 3 heterocycles. The average Bonchev–Trinajstić information content (AvgIpc) is 3.38. The van der Waals surface area contributed by atoms with Crippen molar-refractivity contribution in [2.75, 3.05) is 13.3 Å². The third-order valence-electron chi connectivity index (χ3n) is 4.03. The first-order valence-corrected chi connectivity index (χ1v) is 8.87. The molecule has 0 unspecified atom stereocenters. The summed E-state index contributed by atoms with van der Waals surface area (Å²) >= 11 is 1.52. The van der Waals surface area contributed by atoms with Gasteiger partial charge in [-0.15, -0.1) is 16.4 Å². The van der Waals surface area contributed by atoms with E-state index in [2.05, 4.69) is 10.4 Å². The summed E-state index contributed by atoms with van der Waals surface area (Å²) in [4.78, 5) is 25.5. The average molecular weight is 372 g/mol. The van der Waals surface area contributed by atoms with Crippen LogP contribution in [0.4, 0.5) is 0 Å². The van der Waals surface area contributed by atoms with E-state index in [1.807, 2.05) is 17.5 Å². The minimum Gasteiger partial charge on any atom is -0.454 e. The summed E-state index contributed by atoms with van der Waals surface area (Å²) in [6.07, 6.45) is 0. The molecule has 0 bridgehead atoms. The Labute approximate surface area is 152 Å². The van der Waals surface area contributed by atoms with E-state index in [0.29, 0.717) is 22.9 Å². The summed E-state index contributed by atoms with van der Waals surface area (Å²) in [5.41, 5.74) is 0.257. The first kappa shape index (κ1) is 16.4. The van der Waals surface area contributed by atoms with Crippen molar-refractivity contribution in [3.05, 3.63) is 51.8 Å². The summed E-state index contributed by atoms with van der Waals surface area (Å²) < 4.78 is 13.4. The fraction of sp³-hybridized carbons (Fsp3) is 0.235. The van der Waals surface area contributed by atoms with Crippen molar-refractivity contribution < 1.29 is 14.3 Å². The number of fused-ring (bicyclic) bond motifs is 1. The number of hydrogen-bond acceptors (Lipinski definition) is 6. The monoisotopic (exact) mass is 372 g/mol. The number of carbonyl (C=O) groups excluding carboxylic acids is 1. The van der Waals surface area contributed by atoms with Crippen LogP contribution in [-0.4, -0.2) is 33.6 Å². The van der Waals surface area contributed by atoms with Crippen molar-refractivity contribution in [3.8, 4) is 22.2 Å². The SMILES string of the molecule is Cn1c(-c2cccs2)nn(CCNC(=O)c2ccc3c(c2)OCO3)c1=O. The van der Waals surface area contributed by atoms with Gasteiger partial charge in [0.05, 0.1) is 11.4 Å². The number of rotatable bonds is 5. The number of amides is 1. The first-order chi connectivity index (χ1) is 12.6. The Morgan fingerprint density at radius 3 is 2.96 bits per heavy atom. The fourth-order valence-electron chi connectivity index (χ4n) is 2.67. The molecular formula is C17H16N4O4S. The van der Waals surface area contributed by atoms with Crippen LogP contribution in [0.3, 0.4) is 0 Å². The molecule has 1 amide bonds. The van der Waals surface area contributed by atoms with Gasteiger partial charge in [-0.3, -0.25) is 9.36 Å². The van der Waals surface area contributed by atoms with Gasteiger partial charge in [-0.05, 0) is 29.6 Å². The van der Waals surface area contributed by atoms with Crippen LogP contribution in [0.15, 0.2) is 40.5 Å². The molecule has 1 aliphatic rings. The molecule has 0 fully saturated rings. The van der Waals surface area contributed by atoms with E-state index in [1.54, 1.807) is 25.2 Å². The molecule has 0 aliphatic carbocycles. The highest BCUT2D eigenvalue weighted by molar-refractivity contribution is 7.13. The maximum absolute atomic E-state index is 12.3. The van der Waals surface area contributed by atoms with Crippen LogP contribution in [0, 0.1) is 0 Å². The molecule has 1 aliphatic heterocycles. The highest BCUT2D eigenvalue weighted by Crippen LogP contribution is 2.32. The summed E-state index contributed by atoms with van der Waals surface area (Å²) in [6.45, 7) is 0.734. The lowest BCUT2D eigenvalue weighted by molar-refractivity contribution is 0.0951. The zero-order valence-electron chi connectivity index (χ0n) is 14.0. The largest absolute Gasteiger partial charge is 0.454 e. The fourth-order valence-corrected chi connectivity index (χ4v) is 3.41. The zero-order chi connectivity index (χ0) is 18.1. The molecule has 8 nitrogen and oxygen atoms in total. The standard InChI is InChI=1S/C17H16N4O4S/c1-20-15(14-3-2-8-26-14)19-21(17(20)23)7-6-18-16(22)11-4-5-12-13(9-11)25-10-24-12/h2-5,8-9H,6-7,10H2,1H3,(H,18,22). The van der Waals surface area contributed by atoms with Gasteiger partial charge >= 0.3 is 5.69 Å². The van der Waals surface area contributed by atoms with Gasteiger partial charge < -0.3 is 14.8 Å². The van der Waals surface area contributed by atoms with E-state index in [0.717, 1.165) is 4.88 Å². The molecule has 1 aromatic carbocycles. The molecular weight excluding hydrogens is 356 g/mol. The summed E-state index contributed by atoms with van der Waals surface area (Å²) in [5, 5.41) is 9.08. The van der Waals surface area contributed by atoms with E-state index in [4.69, 9.17) is 9.47 Å². The quantitative estimate of drug-likeness (QED) is 0.733. The Morgan fingerprint density at radius 1 is 1.31 bits per heavy atom. The second-order valence-corrected chi connectivity index (χ2v) is 6.64. The third kappa shape index (κ3) is 2.97. The lowest BCUT2D eigenvalue weighted by atomic mass is 10.2. The van der Waals surface area contributed by atoms with Crippen LogP contribution in [0.1, 0.15) is 10.4 Å². The van der Waals surface area contributed by atoms with Crippen molar-refractivity contribution in [1.82, 2.24) is 19.7 Å². The van der Waals surface area contributed by atoms with E-state index in [1.165, 1.54) is 20.6 Å². The zero-order valence-corrected chi connectivity index (χ0v) is 14.8. The maximum Gasteiger partial charge on any atom is 0.346 e. The smallest absolute Gasteiger partial charge is 0.346 e. The van der Waals surface area contributed by atoms with Crippen LogP contribution in [0.2, 0.25) is 0 Å². The van der Waals surface area contributed by atoms with E-state index < -0.39 is 0 Å². The predicted octanol–water partition coefficient (Wildman–Crippen LogP) is 1.47. The minimum absolute atomic E-state index is 0.162. The molecule has 1 N–H and O–H groups in total. The molecule has 4 rings (SSSR count). The summed E-state index contributed by atoms with van der Waals surface area (Å²) in [6, 6.07) is 8.84. The Morgan fingerprint density at radius 2 is 2.15 bits per heavy atom. The van der Waals surface area contributed by atoms with Crippen molar-refractivity contribution in [2.24, 2.45) is 7.05 Å². The number of nitrogens with zero attached hydrogens (tertiary/aromatic N) is 3. The molecule has 0 radical (unpaired) electrons. The second kappa shape index (κ2) is 6.68. The van der Waals surface area contributed by atoms with Gasteiger partial charge in [-0.25, -0.2) is 9.48 Å². The first-order valence-electron chi connectivity index (χ1n) is 7.99. The maximum atomic E-state index is 12.3. The van der Waals surface area contributed by atoms with Crippen molar-refractivity contribution >= 4 is 17.2 Å². The van der Waals surface area contributed by atoms with Crippen molar-refractivity contribution in [3.63, 3.8) is 0 Å². The molecule has 9 heteroatoms. The summed E-state index contributed by atoms with van der Waals surface area (Å²) in [7, 11) is 1.69. The van der Waals surface area contributed by atoms with Gasteiger partial charge in [0.25, 0.3) is 5.91 Å². The molecule has 0 spiro atoms. The van der Waals surface area contributed by atoms with Gasteiger partial charge in [-0.2, -0.15) is 0 Å². The predicted molar refractivity (Wildman–Crippen MR) is 95.7 cm³/mol. The second-order valence-electron chi connectivity index (χ2n) is 5.69. The van der Waals surface area contributed by atoms with E-state index in [-0.39, 0.29) is 31.5 Å². The molecule has 2 aromatic heterocycles. The van der Waals surface area contributed by atoms with Gasteiger partial charge in [0.1, 0.15) is 0 Å². The van der Waals surface area contributed by atoms with Crippen LogP contribution >= 0.6 is 11.3 Å². The van der Waals surface area contributed by atoms with Crippen molar-refractivity contribution in [1.29, 1.82) is 0 Å². The molecule has 0 atom stereocenters. The molecule has 3 aromatic rings. The molecule has 26 heavy (non-hydrogen) atoms. The minimum atomic E-state index is -0.245. The number of benzene rings is 1. The highest BCUT2D eigenvalue weighted by atomic mass is 32.1. The van der Waals surface area contributed by atoms with Crippen LogP contribution in [0.25, 0.3) is 10.7 Å². The normalized spacial score (nSPS) is 12.3. The molecule has 0 saturated heterocycles. The number of thiophene rings is 1. The summed E-state index contributed by atoms with van der Waals surface area (Å²) in [5.74, 6) is 1.56. The van der Waals surface area contributed by atoms with Gasteiger partial charge in [0, 0.05) is 19.2 Å². The topological polar surface area (TPSA) is 87.4 Å². The van der Waals surface area contributed by atoms with Crippen LogP contribution in [-0.2, 0) is 13.6 Å². The highest BCUT2D eigenvalue weighted by Gasteiger charge is 2.16. The van der Waals surface area contributed by atoms with E-state index >= 15 is 0 Å². The number of aromatic nitrogens is 3. The van der Waals surface area contributed by atoms with Gasteiger partial charge in [0.2, 0.25) is 6.79 Å². The van der Waals surface area contributed by atoms with E-state index in [9.17, 15) is 9.59 Å². The lowest BCUT2D eigenvalue weighted by Crippen LogP contribution is -2.31. The Balaban J connectivity index is 1.41. The van der Waals surface area contributed by atoms with Crippen LogP contribution < -0.4 is 20.5 Å². The third-order valence-corrected chi connectivity index (χ3v) is 4.89. The van der Waals surface area contributed by atoms with Gasteiger partial charge in [-0.1, -0.05) is 6.07 Å². The molecule has 134 valence electrons. The van der Waals surface area contributed by atoms with Crippen molar-refractivity contribution in [2.45, 2.75) is 6.54 Å². The lowest BCUT2D eigenvalue weighted by Gasteiger charge is -2.05.